The second-order valence-corrected chi connectivity index (χ2v) is 6.32. The monoisotopic (exact) mass is 388 g/mol. The van der Waals surface area contributed by atoms with Gasteiger partial charge in [-0.15, -0.1) is 0 Å². The maximum absolute atomic E-state index is 10.6. The van der Waals surface area contributed by atoms with E-state index in [9.17, 15) is 20.2 Å². The van der Waals surface area contributed by atoms with Crippen molar-refractivity contribution in [2.45, 2.75) is 38.5 Å². The van der Waals surface area contributed by atoms with E-state index in [-0.39, 0.29) is 11.4 Å². The number of rotatable bonds is 13. The highest BCUT2D eigenvalue weighted by atomic mass is 16.6. The van der Waals surface area contributed by atoms with Gasteiger partial charge in [-0.2, -0.15) is 0 Å². The van der Waals surface area contributed by atoms with Gasteiger partial charge in [0, 0.05) is 24.3 Å². The molecule has 0 aromatic heterocycles. The Hall–Kier alpha value is -3.16. The highest BCUT2D eigenvalue weighted by Crippen LogP contribution is 2.19. The van der Waals surface area contributed by atoms with Gasteiger partial charge in [-0.3, -0.25) is 20.2 Å². The first-order chi connectivity index (χ1) is 13.6. The van der Waals surface area contributed by atoms with Crippen LogP contribution in [0.3, 0.4) is 0 Å². The highest BCUT2D eigenvalue weighted by Gasteiger charge is 2.05. The van der Waals surface area contributed by atoms with Crippen LogP contribution in [0.2, 0.25) is 0 Å². The molecular weight excluding hydrogens is 364 g/mol. The standard InChI is InChI=1S/C20H24N2O6/c23-21(24)17-7-11-19(12-8-17)27-15-5-3-1-2-4-6-16-28-20-13-9-18(10-14-20)22(25)26/h7-14H,1-6,15-16H2. The molecule has 150 valence electrons. The van der Waals surface area contributed by atoms with Crippen LogP contribution in [0.4, 0.5) is 11.4 Å². The van der Waals surface area contributed by atoms with Gasteiger partial charge in [0.1, 0.15) is 11.5 Å². The topological polar surface area (TPSA) is 105 Å². The van der Waals surface area contributed by atoms with Gasteiger partial charge in [0.2, 0.25) is 0 Å². The first kappa shape index (κ1) is 21.1. The van der Waals surface area contributed by atoms with Crippen LogP contribution < -0.4 is 9.47 Å². The Morgan fingerprint density at radius 2 is 0.893 bits per heavy atom. The second-order valence-electron chi connectivity index (χ2n) is 6.32. The fourth-order valence-corrected chi connectivity index (χ4v) is 2.62. The molecule has 0 aliphatic rings. The molecule has 0 aliphatic carbocycles. The van der Waals surface area contributed by atoms with Crippen LogP contribution in [-0.2, 0) is 0 Å². The number of benzene rings is 2. The van der Waals surface area contributed by atoms with E-state index in [0.29, 0.717) is 24.7 Å². The predicted octanol–water partition coefficient (Wildman–Crippen LogP) is 5.30. The fourth-order valence-electron chi connectivity index (χ4n) is 2.62. The lowest BCUT2D eigenvalue weighted by atomic mass is 10.1. The summed E-state index contributed by atoms with van der Waals surface area (Å²) in [4.78, 5) is 20.3. The molecule has 0 amide bonds. The van der Waals surface area contributed by atoms with Gasteiger partial charge in [-0.1, -0.05) is 25.7 Å². The molecule has 0 unspecified atom stereocenters. The van der Waals surface area contributed by atoms with E-state index in [1.165, 1.54) is 24.3 Å². The number of unbranched alkanes of at least 4 members (excludes halogenated alkanes) is 5. The van der Waals surface area contributed by atoms with Crippen LogP contribution in [0.5, 0.6) is 11.5 Å². The molecule has 8 nitrogen and oxygen atoms in total. The molecule has 0 bridgehead atoms. The fraction of sp³-hybridized carbons (Fsp3) is 0.400. The van der Waals surface area contributed by atoms with Gasteiger partial charge in [-0.25, -0.2) is 0 Å². The Labute approximate surface area is 163 Å². The summed E-state index contributed by atoms with van der Waals surface area (Å²) in [6.07, 6.45) is 6.24. The lowest BCUT2D eigenvalue weighted by molar-refractivity contribution is -0.385. The zero-order valence-electron chi connectivity index (χ0n) is 15.6. The highest BCUT2D eigenvalue weighted by molar-refractivity contribution is 5.36. The molecule has 28 heavy (non-hydrogen) atoms. The van der Waals surface area contributed by atoms with Gasteiger partial charge < -0.3 is 9.47 Å². The average molecular weight is 388 g/mol. The maximum atomic E-state index is 10.6. The maximum Gasteiger partial charge on any atom is 0.269 e. The van der Waals surface area contributed by atoms with Crippen molar-refractivity contribution in [2.24, 2.45) is 0 Å². The quantitative estimate of drug-likeness (QED) is 0.262. The molecule has 0 atom stereocenters. The lowest BCUT2D eigenvalue weighted by Crippen LogP contribution is -1.99. The summed E-state index contributed by atoms with van der Waals surface area (Å²) in [6, 6.07) is 12.2. The minimum Gasteiger partial charge on any atom is -0.494 e. The van der Waals surface area contributed by atoms with Crippen molar-refractivity contribution >= 4 is 11.4 Å². The Balaban J connectivity index is 1.45. The zero-order chi connectivity index (χ0) is 20.2. The molecule has 0 aliphatic heterocycles. The Morgan fingerprint density at radius 1 is 0.571 bits per heavy atom. The smallest absolute Gasteiger partial charge is 0.269 e. The van der Waals surface area contributed by atoms with Crippen molar-refractivity contribution in [1.82, 2.24) is 0 Å². The van der Waals surface area contributed by atoms with Gasteiger partial charge in [-0.05, 0) is 37.1 Å². The summed E-state index contributed by atoms with van der Waals surface area (Å²) in [7, 11) is 0. The van der Waals surface area contributed by atoms with Crippen molar-refractivity contribution in [3.63, 3.8) is 0 Å². The average Bonchev–Trinajstić information content (AvgIpc) is 2.70. The van der Waals surface area contributed by atoms with Crippen LogP contribution in [0.1, 0.15) is 38.5 Å². The molecule has 0 fully saturated rings. The Bertz CT molecular complexity index is 681. The number of hydrogen-bond acceptors (Lipinski definition) is 6. The zero-order valence-corrected chi connectivity index (χ0v) is 15.6. The van der Waals surface area contributed by atoms with Gasteiger partial charge in [0.15, 0.2) is 0 Å². The molecule has 0 spiro atoms. The Kier molecular flexibility index (Phi) is 8.71. The van der Waals surface area contributed by atoms with Crippen LogP contribution >= 0.6 is 0 Å². The lowest BCUT2D eigenvalue weighted by Gasteiger charge is -2.07. The van der Waals surface area contributed by atoms with Crippen molar-refractivity contribution in [1.29, 1.82) is 0 Å². The van der Waals surface area contributed by atoms with E-state index in [0.717, 1.165) is 38.5 Å². The second kappa shape index (κ2) is 11.5. The SMILES string of the molecule is O=[N+]([O-])c1ccc(OCCCCCCCCOc2ccc([N+](=O)[O-])cc2)cc1. The molecule has 2 aromatic carbocycles. The molecule has 0 saturated heterocycles. The molecule has 2 aromatic rings. The largest absolute Gasteiger partial charge is 0.494 e. The van der Waals surface area contributed by atoms with E-state index in [4.69, 9.17) is 9.47 Å². The van der Waals surface area contributed by atoms with Crippen molar-refractivity contribution in [3.8, 4) is 11.5 Å². The molecule has 8 heteroatoms. The summed E-state index contributed by atoms with van der Waals surface area (Å²) in [5.41, 5.74) is 0.120. The van der Waals surface area contributed by atoms with Crippen molar-refractivity contribution < 1.29 is 19.3 Å². The van der Waals surface area contributed by atoms with E-state index in [1.807, 2.05) is 0 Å². The van der Waals surface area contributed by atoms with Crippen LogP contribution in [0.15, 0.2) is 48.5 Å². The van der Waals surface area contributed by atoms with Crippen LogP contribution in [0, 0.1) is 20.2 Å². The number of nitro benzene ring substituents is 2. The van der Waals surface area contributed by atoms with E-state index in [2.05, 4.69) is 0 Å². The van der Waals surface area contributed by atoms with Crippen LogP contribution in [0.25, 0.3) is 0 Å². The number of hydrogen-bond donors (Lipinski definition) is 0. The molecular formula is C20H24N2O6. The summed E-state index contributed by atoms with van der Waals surface area (Å²) in [6.45, 7) is 1.20. The van der Waals surface area contributed by atoms with E-state index in [1.54, 1.807) is 24.3 Å². The number of non-ortho nitro benzene ring substituents is 2. The molecule has 0 heterocycles. The summed E-state index contributed by atoms with van der Waals surface area (Å²) in [5, 5.41) is 21.2. The Morgan fingerprint density at radius 3 is 1.21 bits per heavy atom. The summed E-state index contributed by atoms with van der Waals surface area (Å²) < 4.78 is 11.1. The third kappa shape index (κ3) is 7.61. The van der Waals surface area contributed by atoms with Crippen molar-refractivity contribution in [3.05, 3.63) is 68.8 Å². The normalized spacial score (nSPS) is 10.4. The number of ether oxygens (including phenoxy) is 2. The first-order valence-corrected chi connectivity index (χ1v) is 9.31. The van der Waals surface area contributed by atoms with Gasteiger partial charge >= 0.3 is 0 Å². The summed E-state index contributed by atoms with van der Waals surface area (Å²) >= 11 is 0. The van der Waals surface area contributed by atoms with Gasteiger partial charge in [0.25, 0.3) is 11.4 Å². The third-order valence-electron chi connectivity index (χ3n) is 4.17. The van der Waals surface area contributed by atoms with Crippen LogP contribution in [-0.4, -0.2) is 23.1 Å². The first-order valence-electron chi connectivity index (χ1n) is 9.31. The minimum absolute atomic E-state index is 0.0601. The van der Waals surface area contributed by atoms with Crippen molar-refractivity contribution in [2.75, 3.05) is 13.2 Å². The van der Waals surface area contributed by atoms with Gasteiger partial charge in [0.05, 0.1) is 23.1 Å². The predicted molar refractivity (Wildman–Crippen MR) is 105 cm³/mol. The molecule has 0 radical (unpaired) electrons. The van der Waals surface area contributed by atoms with E-state index >= 15 is 0 Å². The molecule has 0 saturated carbocycles. The third-order valence-corrected chi connectivity index (χ3v) is 4.17. The minimum atomic E-state index is -0.430. The molecule has 0 N–H and O–H groups in total. The van der Waals surface area contributed by atoms with E-state index < -0.39 is 9.85 Å². The molecule has 2 rings (SSSR count). The number of nitrogens with zero attached hydrogens (tertiary/aromatic N) is 2. The number of nitro groups is 2. The summed E-state index contributed by atoms with van der Waals surface area (Å²) in [5.74, 6) is 1.29.